The summed E-state index contributed by atoms with van der Waals surface area (Å²) in [6.07, 6.45) is 1.26. The molecule has 0 bridgehead atoms. The lowest BCUT2D eigenvalue weighted by Crippen LogP contribution is -2.31. The van der Waals surface area contributed by atoms with Crippen molar-refractivity contribution >= 4 is 5.69 Å². The zero-order chi connectivity index (χ0) is 12.0. The van der Waals surface area contributed by atoms with Crippen molar-refractivity contribution in [2.75, 3.05) is 32.2 Å². The van der Waals surface area contributed by atoms with E-state index in [2.05, 4.69) is 4.98 Å². The van der Waals surface area contributed by atoms with Gasteiger partial charge < -0.3 is 20.5 Å². The summed E-state index contributed by atoms with van der Waals surface area (Å²) < 4.78 is 4.87. The number of aromatic nitrogens is 1. The molecule has 1 aromatic heterocycles. The summed E-state index contributed by atoms with van der Waals surface area (Å²) in [7, 11) is 3.47. The van der Waals surface area contributed by atoms with Crippen LogP contribution in [-0.2, 0) is 11.3 Å². The van der Waals surface area contributed by atoms with Crippen molar-refractivity contribution in [3.05, 3.63) is 24.0 Å². The van der Waals surface area contributed by atoms with E-state index >= 15 is 0 Å². The van der Waals surface area contributed by atoms with Crippen molar-refractivity contribution in [1.82, 2.24) is 4.98 Å². The Hall–Kier alpha value is -1.17. The molecule has 1 unspecified atom stereocenters. The minimum Gasteiger partial charge on any atom is -0.389 e. The second-order valence-corrected chi connectivity index (χ2v) is 3.70. The second kappa shape index (κ2) is 6.42. The van der Waals surface area contributed by atoms with Crippen LogP contribution in [0.3, 0.4) is 0 Å². The van der Waals surface area contributed by atoms with E-state index in [1.54, 1.807) is 13.3 Å². The number of aliphatic hydroxyl groups excluding tert-OH is 1. The van der Waals surface area contributed by atoms with Gasteiger partial charge in [-0.25, -0.2) is 0 Å². The molecule has 5 heteroatoms. The van der Waals surface area contributed by atoms with Crippen LogP contribution in [0.25, 0.3) is 0 Å². The van der Waals surface area contributed by atoms with Crippen molar-refractivity contribution < 1.29 is 9.84 Å². The molecule has 0 fully saturated rings. The van der Waals surface area contributed by atoms with E-state index in [4.69, 9.17) is 10.5 Å². The van der Waals surface area contributed by atoms with E-state index in [-0.39, 0.29) is 0 Å². The van der Waals surface area contributed by atoms with E-state index in [1.807, 2.05) is 24.1 Å². The Labute approximate surface area is 95.8 Å². The third-order valence-corrected chi connectivity index (χ3v) is 2.30. The first-order valence-electron chi connectivity index (χ1n) is 5.20. The number of likely N-dealkylation sites (N-methyl/N-ethyl adjacent to an activating group) is 1. The number of pyridine rings is 1. The molecular formula is C11H19N3O2. The topological polar surface area (TPSA) is 71.6 Å². The molecule has 0 radical (unpaired) electrons. The largest absolute Gasteiger partial charge is 0.389 e. The van der Waals surface area contributed by atoms with Crippen LogP contribution < -0.4 is 10.6 Å². The maximum Gasteiger partial charge on any atom is 0.0947 e. The molecular weight excluding hydrogens is 206 g/mol. The molecule has 1 rings (SSSR count). The first-order chi connectivity index (χ1) is 7.67. The first kappa shape index (κ1) is 12.9. The van der Waals surface area contributed by atoms with Crippen molar-refractivity contribution in [1.29, 1.82) is 0 Å². The standard InChI is InChI=1S/C11H19N3O2/c1-14(7-11(15)8-16-2)10-4-3-9(5-12)13-6-10/h3-4,6,11,15H,5,7-8,12H2,1-2H3. The van der Waals surface area contributed by atoms with Gasteiger partial charge in [-0.05, 0) is 12.1 Å². The van der Waals surface area contributed by atoms with Gasteiger partial charge in [0.15, 0.2) is 0 Å². The molecule has 1 atom stereocenters. The number of nitrogens with two attached hydrogens (primary N) is 1. The highest BCUT2D eigenvalue weighted by Crippen LogP contribution is 2.11. The Morgan fingerprint density at radius 1 is 1.56 bits per heavy atom. The third kappa shape index (κ3) is 3.77. The fourth-order valence-electron chi connectivity index (χ4n) is 1.43. The van der Waals surface area contributed by atoms with Crippen LogP contribution in [0.15, 0.2) is 18.3 Å². The van der Waals surface area contributed by atoms with Crippen LogP contribution in [0.2, 0.25) is 0 Å². The Morgan fingerprint density at radius 3 is 2.81 bits per heavy atom. The van der Waals surface area contributed by atoms with Gasteiger partial charge >= 0.3 is 0 Å². The summed E-state index contributed by atoms with van der Waals surface area (Å²) >= 11 is 0. The van der Waals surface area contributed by atoms with Crippen LogP contribution in [-0.4, -0.2) is 43.5 Å². The Bertz CT molecular complexity index is 303. The van der Waals surface area contributed by atoms with E-state index in [9.17, 15) is 5.11 Å². The molecule has 0 saturated carbocycles. The maximum atomic E-state index is 9.57. The second-order valence-electron chi connectivity index (χ2n) is 3.70. The number of hydrogen-bond acceptors (Lipinski definition) is 5. The summed E-state index contributed by atoms with van der Waals surface area (Å²) in [6.45, 7) is 1.28. The predicted molar refractivity (Wildman–Crippen MR) is 63.3 cm³/mol. The van der Waals surface area contributed by atoms with Gasteiger partial charge in [0, 0.05) is 27.2 Å². The van der Waals surface area contributed by atoms with Crippen molar-refractivity contribution in [3.8, 4) is 0 Å². The summed E-state index contributed by atoms with van der Waals surface area (Å²) in [5.41, 5.74) is 7.27. The van der Waals surface area contributed by atoms with Crippen molar-refractivity contribution in [2.45, 2.75) is 12.6 Å². The Kier molecular flexibility index (Phi) is 5.18. The van der Waals surface area contributed by atoms with Crippen molar-refractivity contribution in [3.63, 3.8) is 0 Å². The molecule has 0 saturated heterocycles. The van der Waals surface area contributed by atoms with Crippen molar-refractivity contribution in [2.24, 2.45) is 5.73 Å². The van der Waals surface area contributed by atoms with Crippen LogP contribution in [0.1, 0.15) is 5.69 Å². The molecule has 1 aromatic rings. The lowest BCUT2D eigenvalue weighted by atomic mass is 10.3. The van der Waals surface area contributed by atoms with Crippen LogP contribution in [0.5, 0.6) is 0 Å². The summed E-state index contributed by atoms with van der Waals surface area (Å²) in [5, 5.41) is 9.57. The number of nitrogens with zero attached hydrogens (tertiary/aromatic N) is 2. The molecule has 0 aliphatic rings. The monoisotopic (exact) mass is 225 g/mol. The Balaban J connectivity index is 2.55. The smallest absolute Gasteiger partial charge is 0.0947 e. The van der Waals surface area contributed by atoms with Gasteiger partial charge in [-0.15, -0.1) is 0 Å². The third-order valence-electron chi connectivity index (χ3n) is 2.30. The number of rotatable bonds is 6. The average Bonchev–Trinajstić information content (AvgIpc) is 2.29. The zero-order valence-corrected chi connectivity index (χ0v) is 9.76. The molecule has 0 aliphatic carbocycles. The summed E-state index contributed by atoms with van der Waals surface area (Å²) in [6, 6.07) is 3.82. The number of anilines is 1. The highest BCUT2D eigenvalue weighted by molar-refractivity contribution is 5.43. The lowest BCUT2D eigenvalue weighted by Gasteiger charge is -2.22. The molecule has 16 heavy (non-hydrogen) atoms. The van der Waals surface area contributed by atoms with Gasteiger partial charge in [0.2, 0.25) is 0 Å². The number of hydrogen-bond donors (Lipinski definition) is 2. The predicted octanol–water partition coefficient (Wildman–Crippen LogP) is -0.0162. The fraction of sp³-hybridized carbons (Fsp3) is 0.545. The fourth-order valence-corrected chi connectivity index (χ4v) is 1.43. The molecule has 0 aromatic carbocycles. The minimum atomic E-state index is -0.496. The quantitative estimate of drug-likeness (QED) is 0.712. The van der Waals surface area contributed by atoms with Crippen LogP contribution in [0, 0.1) is 0 Å². The van der Waals surface area contributed by atoms with Gasteiger partial charge in [0.1, 0.15) is 0 Å². The molecule has 0 aliphatic heterocycles. The number of ether oxygens (including phenoxy) is 1. The molecule has 90 valence electrons. The maximum absolute atomic E-state index is 9.57. The molecule has 5 nitrogen and oxygen atoms in total. The first-order valence-corrected chi connectivity index (χ1v) is 5.20. The average molecular weight is 225 g/mol. The van der Waals surface area contributed by atoms with E-state index in [1.165, 1.54) is 0 Å². The highest BCUT2D eigenvalue weighted by Gasteiger charge is 2.08. The van der Waals surface area contributed by atoms with Crippen LogP contribution in [0.4, 0.5) is 5.69 Å². The van der Waals surface area contributed by atoms with Gasteiger partial charge in [0.25, 0.3) is 0 Å². The van der Waals surface area contributed by atoms with Crippen LogP contribution >= 0.6 is 0 Å². The van der Waals surface area contributed by atoms with E-state index in [0.29, 0.717) is 19.7 Å². The SMILES string of the molecule is COCC(O)CN(C)c1ccc(CN)nc1. The normalized spacial score (nSPS) is 12.5. The Morgan fingerprint density at radius 2 is 2.31 bits per heavy atom. The number of methoxy groups -OCH3 is 1. The van der Waals surface area contributed by atoms with Gasteiger partial charge in [-0.3, -0.25) is 4.98 Å². The van der Waals surface area contributed by atoms with Gasteiger partial charge in [0.05, 0.1) is 30.3 Å². The van der Waals surface area contributed by atoms with E-state index < -0.39 is 6.10 Å². The van der Waals surface area contributed by atoms with Gasteiger partial charge in [-0.1, -0.05) is 0 Å². The molecule has 0 amide bonds. The molecule has 1 heterocycles. The zero-order valence-electron chi connectivity index (χ0n) is 9.76. The summed E-state index contributed by atoms with van der Waals surface area (Å²) in [5.74, 6) is 0. The van der Waals surface area contributed by atoms with Gasteiger partial charge in [-0.2, -0.15) is 0 Å². The van der Waals surface area contributed by atoms with E-state index in [0.717, 1.165) is 11.4 Å². The molecule has 0 spiro atoms. The lowest BCUT2D eigenvalue weighted by molar-refractivity contribution is 0.0695. The minimum absolute atomic E-state index is 0.332. The number of aliphatic hydroxyl groups is 1. The highest BCUT2D eigenvalue weighted by atomic mass is 16.5. The molecule has 3 N–H and O–H groups in total. The summed E-state index contributed by atoms with van der Waals surface area (Å²) in [4.78, 5) is 6.12.